The number of ether oxygens (including phenoxy) is 1. The monoisotopic (exact) mass is 276 g/mol. The van der Waals surface area contributed by atoms with Crippen LogP contribution in [0.1, 0.15) is 23.2 Å². The van der Waals surface area contributed by atoms with E-state index in [-0.39, 0.29) is 5.91 Å². The Labute approximate surface area is 121 Å². The predicted molar refractivity (Wildman–Crippen MR) is 79.8 cm³/mol. The molecule has 1 heterocycles. The minimum Gasteiger partial charge on any atom is -0.383 e. The first-order valence-corrected chi connectivity index (χ1v) is 7.34. The second kappa shape index (κ2) is 8.02. The average Bonchev–Trinajstić information content (AvgIpc) is 2.52. The number of rotatable bonds is 6. The molecule has 1 aliphatic heterocycles. The summed E-state index contributed by atoms with van der Waals surface area (Å²) in [6, 6.07) is 9.41. The number of hydrogen-bond acceptors (Lipinski definition) is 3. The summed E-state index contributed by atoms with van der Waals surface area (Å²) >= 11 is 0. The van der Waals surface area contributed by atoms with Gasteiger partial charge in [-0.1, -0.05) is 18.2 Å². The zero-order chi connectivity index (χ0) is 14.2. The highest BCUT2D eigenvalue weighted by Gasteiger charge is 2.19. The van der Waals surface area contributed by atoms with Gasteiger partial charge in [-0.15, -0.1) is 0 Å². The lowest BCUT2D eigenvalue weighted by Gasteiger charge is -2.31. The normalized spacial score (nSPS) is 17.1. The van der Waals surface area contributed by atoms with E-state index in [9.17, 15) is 4.79 Å². The first kappa shape index (κ1) is 15.0. The highest BCUT2D eigenvalue weighted by molar-refractivity contribution is 5.94. The number of benzene rings is 1. The van der Waals surface area contributed by atoms with Gasteiger partial charge >= 0.3 is 0 Å². The van der Waals surface area contributed by atoms with Gasteiger partial charge < -0.3 is 15.0 Å². The maximum Gasteiger partial charge on any atom is 0.251 e. The maximum absolute atomic E-state index is 12.0. The Morgan fingerprint density at radius 1 is 1.30 bits per heavy atom. The number of carbonyl (C=O) groups is 1. The van der Waals surface area contributed by atoms with E-state index in [4.69, 9.17) is 4.74 Å². The standard InChI is InChI=1S/C16H24N2O2/c1-20-12-11-18-9-7-14(8-10-18)13-17-16(19)15-5-3-2-4-6-15/h2-6,14H,7-13H2,1H3,(H,17,19). The number of carbonyl (C=O) groups excluding carboxylic acids is 1. The van der Waals surface area contributed by atoms with Crippen LogP contribution < -0.4 is 5.32 Å². The Morgan fingerprint density at radius 3 is 2.65 bits per heavy atom. The molecule has 0 aromatic heterocycles. The molecule has 0 aliphatic carbocycles. The predicted octanol–water partition coefficient (Wildman–Crippen LogP) is 1.77. The Balaban J connectivity index is 1.67. The van der Waals surface area contributed by atoms with E-state index in [1.807, 2.05) is 30.3 Å². The van der Waals surface area contributed by atoms with Crippen molar-refractivity contribution in [3.05, 3.63) is 35.9 Å². The van der Waals surface area contributed by atoms with Crippen LogP contribution in [0.3, 0.4) is 0 Å². The van der Waals surface area contributed by atoms with E-state index in [0.717, 1.165) is 51.2 Å². The third kappa shape index (κ3) is 4.62. The van der Waals surface area contributed by atoms with E-state index >= 15 is 0 Å². The summed E-state index contributed by atoms with van der Waals surface area (Å²) in [5.74, 6) is 0.633. The number of nitrogens with one attached hydrogen (secondary N) is 1. The smallest absolute Gasteiger partial charge is 0.251 e. The van der Waals surface area contributed by atoms with Crippen LogP contribution >= 0.6 is 0 Å². The van der Waals surface area contributed by atoms with E-state index in [0.29, 0.717) is 5.92 Å². The molecule has 0 unspecified atom stereocenters. The van der Waals surface area contributed by atoms with Gasteiger partial charge in [-0.2, -0.15) is 0 Å². The number of hydrogen-bond donors (Lipinski definition) is 1. The summed E-state index contributed by atoms with van der Waals surface area (Å²) in [6.07, 6.45) is 2.30. The van der Waals surface area contributed by atoms with Gasteiger partial charge in [0.2, 0.25) is 0 Å². The number of methoxy groups -OCH3 is 1. The van der Waals surface area contributed by atoms with Gasteiger partial charge in [0, 0.05) is 25.8 Å². The summed E-state index contributed by atoms with van der Waals surface area (Å²) in [7, 11) is 1.74. The highest BCUT2D eigenvalue weighted by atomic mass is 16.5. The first-order valence-electron chi connectivity index (χ1n) is 7.34. The largest absolute Gasteiger partial charge is 0.383 e. The molecule has 1 aliphatic rings. The van der Waals surface area contributed by atoms with Gasteiger partial charge in [0.25, 0.3) is 5.91 Å². The van der Waals surface area contributed by atoms with Gasteiger partial charge in [-0.3, -0.25) is 4.79 Å². The Hall–Kier alpha value is -1.39. The van der Waals surface area contributed by atoms with Crippen molar-refractivity contribution in [3.63, 3.8) is 0 Å². The molecule has 1 aromatic carbocycles. The Bertz CT molecular complexity index is 400. The summed E-state index contributed by atoms with van der Waals surface area (Å²) in [5.41, 5.74) is 0.741. The van der Waals surface area contributed by atoms with Crippen molar-refractivity contribution in [1.82, 2.24) is 10.2 Å². The number of nitrogens with zero attached hydrogens (tertiary/aromatic N) is 1. The van der Waals surface area contributed by atoms with Crippen LogP contribution in [-0.2, 0) is 4.74 Å². The first-order chi connectivity index (χ1) is 9.79. The molecule has 110 valence electrons. The fourth-order valence-electron chi connectivity index (χ4n) is 2.56. The van der Waals surface area contributed by atoms with Gasteiger partial charge in [0.05, 0.1) is 6.61 Å². The van der Waals surface area contributed by atoms with Crippen LogP contribution in [0.4, 0.5) is 0 Å². The van der Waals surface area contributed by atoms with Crippen molar-refractivity contribution >= 4 is 5.91 Å². The van der Waals surface area contributed by atoms with Crippen LogP contribution in [0, 0.1) is 5.92 Å². The third-order valence-corrected chi connectivity index (χ3v) is 3.91. The number of piperidine rings is 1. The fourth-order valence-corrected chi connectivity index (χ4v) is 2.56. The molecule has 1 fully saturated rings. The van der Waals surface area contributed by atoms with Crippen LogP contribution in [0.15, 0.2) is 30.3 Å². The van der Waals surface area contributed by atoms with Crippen LogP contribution in [0.2, 0.25) is 0 Å². The van der Waals surface area contributed by atoms with Gasteiger partial charge in [-0.25, -0.2) is 0 Å². The van der Waals surface area contributed by atoms with E-state index in [2.05, 4.69) is 10.2 Å². The molecule has 0 bridgehead atoms. The van der Waals surface area contributed by atoms with Gasteiger partial charge in [0.1, 0.15) is 0 Å². The molecule has 20 heavy (non-hydrogen) atoms. The summed E-state index contributed by atoms with van der Waals surface area (Å²) < 4.78 is 5.10. The zero-order valence-corrected chi connectivity index (χ0v) is 12.2. The highest BCUT2D eigenvalue weighted by Crippen LogP contribution is 2.16. The van der Waals surface area contributed by atoms with Gasteiger partial charge in [0.15, 0.2) is 0 Å². The molecule has 0 atom stereocenters. The maximum atomic E-state index is 12.0. The van der Waals surface area contributed by atoms with E-state index < -0.39 is 0 Å². The molecule has 1 N–H and O–H groups in total. The molecule has 4 heteroatoms. The van der Waals surface area contributed by atoms with Crippen LogP contribution in [0.25, 0.3) is 0 Å². The molecule has 0 radical (unpaired) electrons. The van der Waals surface area contributed by atoms with E-state index in [1.165, 1.54) is 0 Å². The molecular weight excluding hydrogens is 252 g/mol. The summed E-state index contributed by atoms with van der Waals surface area (Å²) in [5, 5.41) is 3.04. The minimum absolute atomic E-state index is 0.0346. The zero-order valence-electron chi connectivity index (χ0n) is 12.2. The van der Waals surface area contributed by atoms with E-state index in [1.54, 1.807) is 7.11 Å². The summed E-state index contributed by atoms with van der Waals surface area (Å²) in [6.45, 7) is 4.81. The molecule has 2 rings (SSSR count). The van der Waals surface area contributed by atoms with Crippen molar-refractivity contribution in [2.45, 2.75) is 12.8 Å². The van der Waals surface area contributed by atoms with Crippen LogP contribution in [-0.4, -0.2) is 50.7 Å². The lowest BCUT2D eigenvalue weighted by atomic mass is 9.96. The second-order valence-electron chi connectivity index (χ2n) is 5.35. The topological polar surface area (TPSA) is 41.6 Å². The van der Waals surface area contributed by atoms with Gasteiger partial charge in [-0.05, 0) is 44.0 Å². The fraction of sp³-hybridized carbons (Fsp3) is 0.562. The average molecular weight is 276 g/mol. The molecule has 1 aromatic rings. The van der Waals surface area contributed by atoms with Crippen molar-refractivity contribution in [1.29, 1.82) is 0 Å². The SMILES string of the molecule is COCCN1CCC(CNC(=O)c2ccccc2)CC1. The molecular formula is C16H24N2O2. The molecule has 1 amide bonds. The Kier molecular flexibility index (Phi) is 6.02. The minimum atomic E-state index is 0.0346. The second-order valence-corrected chi connectivity index (χ2v) is 5.35. The molecule has 1 saturated heterocycles. The number of likely N-dealkylation sites (tertiary alicyclic amines) is 1. The van der Waals surface area contributed by atoms with Crippen molar-refractivity contribution in [3.8, 4) is 0 Å². The van der Waals surface area contributed by atoms with Crippen LogP contribution in [0.5, 0.6) is 0 Å². The molecule has 4 nitrogen and oxygen atoms in total. The quantitative estimate of drug-likeness (QED) is 0.861. The van der Waals surface area contributed by atoms with Crippen molar-refractivity contribution in [2.75, 3.05) is 39.9 Å². The lowest BCUT2D eigenvalue weighted by Crippen LogP contribution is -2.39. The molecule has 0 spiro atoms. The van der Waals surface area contributed by atoms with Crippen molar-refractivity contribution in [2.24, 2.45) is 5.92 Å². The molecule has 0 saturated carbocycles. The lowest BCUT2D eigenvalue weighted by molar-refractivity contribution is 0.0926. The summed E-state index contributed by atoms with van der Waals surface area (Å²) in [4.78, 5) is 14.4. The Morgan fingerprint density at radius 2 is 2.00 bits per heavy atom. The van der Waals surface area contributed by atoms with Crippen molar-refractivity contribution < 1.29 is 9.53 Å². The number of amides is 1. The third-order valence-electron chi connectivity index (χ3n) is 3.91.